The molecular weight excluding hydrogens is 348 g/mol. The minimum atomic E-state index is -0.366. The zero-order chi connectivity index (χ0) is 20.2. The van der Waals surface area contributed by atoms with Gasteiger partial charge in [0.25, 0.3) is 0 Å². The molecule has 0 aliphatic rings. The number of H-pyrrole nitrogens is 1. The average molecular weight is 385 g/mol. The van der Waals surface area contributed by atoms with E-state index in [4.69, 9.17) is 0 Å². The zero-order valence-electron chi connectivity index (χ0n) is 17.6. The van der Waals surface area contributed by atoms with Gasteiger partial charge in [0.15, 0.2) is 5.75 Å². The van der Waals surface area contributed by atoms with Gasteiger partial charge >= 0.3 is 0 Å². The van der Waals surface area contributed by atoms with Gasteiger partial charge in [0, 0.05) is 18.5 Å². The van der Waals surface area contributed by atoms with Crippen molar-refractivity contribution in [3.05, 3.63) is 45.9 Å². The van der Waals surface area contributed by atoms with Crippen LogP contribution in [0.1, 0.15) is 89.2 Å². The normalized spacial score (nSPS) is 11.1. The molecule has 28 heavy (non-hydrogen) atoms. The number of aromatic hydroxyl groups is 1. The third-order valence-electron chi connectivity index (χ3n) is 5.40. The van der Waals surface area contributed by atoms with E-state index in [0.29, 0.717) is 5.69 Å². The first-order valence-electron chi connectivity index (χ1n) is 11.1. The SMILES string of the molecule is CCCCCCCc1ccnc(-c2[nH]ccc(=O)c2O)c1CCCCCCC. The smallest absolute Gasteiger partial charge is 0.223 e. The van der Waals surface area contributed by atoms with Gasteiger partial charge < -0.3 is 10.1 Å². The average Bonchev–Trinajstić information content (AvgIpc) is 2.70. The van der Waals surface area contributed by atoms with Crippen LogP contribution in [0.15, 0.2) is 29.3 Å². The lowest BCUT2D eigenvalue weighted by Crippen LogP contribution is -2.06. The van der Waals surface area contributed by atoms with Crippen molar-refractivity contribution in [2.75, 3.05) is 0 Å². The van der Waals surface area contributed by atoms with E-state index in [1.807, 2.05) is 6.20 Å². The van der Waals surface area contributed by atoms with Gasteiger partial charge in [-0.25, -0.2) is 0 Å². The standard InChI is InChI=1S/C24H36N2O2/c1-3-5-7-9-11-13-19-15-17-25-22(20(19)14-12-10-8-6-4-2)23-24(28)21(27)16-18-26-23/h15-18,28H,3-14H2,1-2H3,(H,26,27). The van der Waals surface area contributed by atoms with E-state index in [-0.39, 0.29) is 11.2 Å². The van der Waals surface area contributed by atoms with Crippen molar-refractivity contribution in [3.63, 3.8) is 0 Å². The van der Waals surface area contributed by atoms with E-state index in [1.165, 1.54) is 75.0 Å². The third kappa shape index (κ3) is 6.50. The van der Waals surface area contributed by atoms with Crippen LogP contribution >= 0.6 is 0 Å². The van der Waals surface area contributed by atoms with Gasteiger partial charge in [0.05, 0.1) is 5.69 Å². The molecule has 2 rings (SSSR count). The molecule has 0 fully saturated rings. The maximum absolute atomic E-state index is 11.9. The molecule has 0 unspecified atom stereocenters. The highest BCUT2D eigenvalue weighted by Gasteiger charge is 2.16. The topological polar surface area (TPSA) is 66.0 Å². The molecule has 2 N–H and O–H groups in total. The molecule has 0 aliphatic heterocycles. The van der Waals surface area contributed by atoms with Crippen LogP contribution in [0.3, 0.4) is 0 Å². The van der Waals surface area contributed by atoms with Gasteiger partial charge in [-0.2, -0.15) is 0 Å². The third-order valence-corrected chi connectivity index (χ3v) is 5.40. The summed E-state index contributed by atoms with van der Waals surface area (Å²) in [5, 5.41) is 10.3. The van der Waals surface area contributed by atoms with E-state index in [1.54, 1.807) is 6.20 Å². The molecule has 0 spiro atoms. The fourth-order valence-corrected chi connectivity index (χ4v) is 3.74. The van der Waals surface area contributed by atoms with Crippen molar-refractivity contribution >= 4 is 0 Å². The van der Waals surface area contributed by atoms with Crippen LogP contribution in [0.4, 0.5) is 0 Å². The number of pyridine rings is 2. The zero-order valence-corrected chi connectivity index (χ0v) is 17.6. The lowest BCUT2D eigenvalue weighted by molar-refractivity contribution is 0.469. The predicted molar refractivity (Wildman–Crippen MR) is 117 cm³/mol. The van der Waals surface area contributed by atoms with Crippen LogP contribution < -0.4 is 5.43 Å². The van der Waals surface area contributed by atoms with Crippen LogP contribution in [0.2, 0.25) is 0 Å². The Hall–Kier alpha value is -2.10. The van der Waals surface area contributed by atoms with Gasteiger partial charge in [-0.1, -0.05) is 65.2 Å². The Morgan fingerprint density at radius 2 is 1.54 bits per heavy atom. The second-order valence-corrected chi connectivity index (χ2v) is 7.69. The summed E-state index contributed by atoms with van der Waals surface area (Å²) in [4.78, 5) is 19.5. The second-order valence-electron chi connectivity index (χ2n) is 7.69. The molecule has 154 valence electrons. The Labute approximate surface area is 169 Å². The molecule has 0 amide bonds. The largest absolute Gasteiger partial charge is 0.503 e. The minimum Gasteiger partial charge on any atom is -0.503 e. The summed E-state index contributed by atoms with van der Waals surface area (Å²) >= 11 is 0. The van der Waals surface area contributed by atoms with Crippen molar-refractivity contribution < 1.29 is 5.11 Å². The fourth-order valence-electron chi connectivity index (χ4n) is 3.74. The number of aromatic amines is 1. The number of aromatic nitrogens is 2. The predicted octanol–water partition coefficient (Wildman–Crippen LogP) is 6.17. The first kappa shape index (κ1) is 22.2. The molecule has 2 aromatic heterocycles. The Morgan fingerprint density at radius 3 is 2.21 bits per heavy atom. The first-order valence-corrected chi connectivity index (χ1v) is 11.1. The fraction of sp³-hybridized carbons (Fsp3) is 0.583. The van der Waals surface area contributed by atoms with Crippen molar-refractivity contribution in [1.29, 1.82) is 0 Å². The summed E-state index contributed by atoms with van der Waals surface area (Å²) in [7, 11) is 0. The van der Waals surface area contributed by atoms with Crippen LogP contribution in [-0.2, 0) is 12.8 Å². The van der Waals surface area contributed by atoms with Crippen LogP contribution in [0, 0.1) is 0 Å². The number of rotatable bonds is 13. The quantitative estimate of drug-likeness (QED) is 0.406. The van der Waals surface area contributed by atoms with E-state index < -0.39 is 0 Å². The van der Waals surface area contributed by atoms with Gasteiger partial charge in [-0.05, 0) is 42.9 Å². The van der Waals surface area contributed by atoms with Gasteiger partial charge in [-0.3, -0.25) is 9.78 Å². The van der Waals surface area contributed by atoms with E-state index in [9.17, 15) is 9.90 Å². The van der Waals surface area contributed by atoms with Crippen molar-refractivity contribution in [2.24, 2.45) is 0 Å². The highest BCUT2D eigenvalue weighted by molar-refractivity contribution is 5.66. The first-order chi connectivity index (χ1) is 13.7. The van der Waals surface area contributed by atoms with Crippen molar-refractivity contribution in [1.82, 2.24) is 9.97 Å². The molecule has 0 aromatic carbocycles. The Morgan fingerprint density at radius 1 is 0.893 bits per heavy atom. The number of hydrogen-bond donors (Lipinski definition) is 2. The molecule has 0 saturated carbocycles. The summed E-state index contributed by atoms with van der Waals surface area (Å²) in [5.74, 6) is -0.234. The van der Waals surface area contributed by atoms with Crippen LogP contribution in [-0.4, -0.2) is 15.1 Å². The molecule has 4 nitrogen and oxygen atoms in total. The molecule has 2 aromatic rings. The van der Waals surface area contributed by atoms with Gasteiger partial charge in [-0.15, -0.1) is 0 Å². The Bertz CT molecular complexity index is 767. The van der Waals surface area contributed by atoms with Gasteiger partial charge in [0.1, 0.15) is 5.69 Å². The number of nitrogens with zero attached hydrogens (tertiary/aromatic N) is 1. The molecule has 0 saturated heterocycles. The number of unbranched alkanes of at least 4 members (excludes halogenated alkanes) is 8. The Balaban J connectivity index is 2.23. The molecular formula is C24H36N2O2. The highest BCUT2D eigenvalue weighted by Crippen LogP contribution is 2.29. The summed E-state index contributed by atoms with van der Waals surface area (Å²) in [6.07, 6.45) is 17.7. The van der Waals surface area contributed by atoms with E-state index in [0.717, 1.165) is 25.0 Å². The molecule has 2 heterocycles. The second kappa shape index (κ2) is 12.4. The summed E-state index contributed by atoms with van der Waals surface area (Å²) < 4.78 is 0. The van der Waals surface area contributed by atoms with Crippen molar-refractivity contribution in [2.45, 2.75) is 90.9 Å². The summed E-state index contributed by atoms with van der Waals surface area (Å²) in [6.45, 7) is 4.46. The molecule has 0 aliphatic carbocycles. The molecule has 0 bridgehead atoms. The minimum absolute atomic E-state index is 0.234. The van der Waals surface area contributed by atoms with Crippen molar-refractivity contribution in [3.8, 4) is 17.1 Å². The Kier molecular flexibility index (Phi) is 9.81. The highest BCUT2D eigenvalue weighted by atomic mass is 16.3. The number of hydrogen-bond acceptors (Lipinski definition) is 3. The summed E-state index contributed by atoms with van der Waals surface area (Å²) in [6, 6.07) is 3.46. The summed E-state index contributed by atoms with van der Waals surface area (Å²) in [5.41, 5.74) is 3.31. The maximum atomic E-state index is 11.9. The monoisotopic (exact) mass is 384 g/mol. The number of nitrogens with one attached hydrogen (secondary N) is 1. The number of aryl methyl sites for hydroxylation is 1. The van der Waals surface area contributed by atoms with Crippen LogP contribution in [0.25, 0.3) is 11.4 Å². The maximum Gasteiger partial charge on any atom is 0.223 e. The van der Waals surface area contributed by atoms with E-state index >= 15 is 0 Å². The van der Waals surface area contributed by atoms with E-state index in [2.05, 4.69) is 29.9 Å². The molecule has 4 heteroatoms. The lowest BCUT2D eigenvalue weighted by Gasteiger charge is -2.15. The molecule has 0 atom stereocenters. The van der Waals surface area contributed by atoms with Gasteiger partial charge in [0.2, 0.25) is 5.43 Å². The lowest BCUT2D eigenvalue weighted by atomic mass is 9.94. The van der Waals surface area contributed by atoms with Crippen LogP contribution in [0.5, 0.6) is 5.75 Å². The molecule has 0 radical (unpaired) electrons.